The number of carboxylic acid groups (broad SMARTS) is 1. The lowest BCUT2D eigenvalue weighted by molar-refractivity contribution is -0.143. The summed E-state index contributed by atoms with van der Waals surface area (Å²) < 4.78 is 25.7. The van der Waals surface area contributed by atoms with Crippen LogP contribution in [0.25, 0.3) is 0 Å². The van der Waals surface area contributed by atoms with Crippen LogP contribution in [0.5, 0.6) is 0 Å². The number of nitrogens with one attached hydrogen (secondary N) is 1. The topological polar surface area (TPSA) is 101 Å². The Kier molecular flexibility index (Phi) is 2.60. The molecule has 18 heavy (non-hydrogen) atoms. The van der Waals surface area contributed by atoms with Gasteiger partial charge >= 0.3 is 5.97 Å². The van der Waals surface area contributed by atoms with E-state index in [1.807, 2.05) is 4.72 Å². The van der Waals surface area contributed by atoms with Crippen LogP contribution in [0.15, 0.2) is 41.3 Å². The maximum Gasteiger partial charge on any atom is 0.334 e. The summed E-state index contributed by atoms with van der Waals surface area (Å²) in [5.74, 6) is -1.49. The van der Waals surface area contributed by atoms with Gasteiger partial charge in [0.1, 0.15) is 6.29 Å². The van der Waals surface area contributed by atoms with Gasteiger partial charge in [0, 0.05) is 11.1 Å². The van der Waals surface area contributed by atoms with E-state index in [0.717, 1.165) is 0 Å². The predicted molar refractivity (Wildman–Crippen MR) is 61.3 cm³/mol. The van der Waals surface area contributed by atoms with E-state index in [1.165, 1.54) is 24.3 Å². The number of rotatable bonds is 3. The highest BCUT2D eigenvalue weighted by atomic mass is 32.2. The smallest absolute Gasteiger partial charge is 0.334 e. The van der Waals surface area contributed by atoms with Crippen molar-refractivity contribution in [1.82, 2.24) is 4.72 Å². The summed E-state index contributed by atoms with van der Waals surface area (Å²) in [5, 5.41) is 9.30. The van der Waals surface area contributed by atoms with Gasteiger partial charge in [-0.15, -0.1) is 0 Å². The van der Waals surface area contributed by atoms with Gasteiger partial charge in [0.05, 0.1) is 4.90 Å². The molecule has 2 N–H and O–H groups in total. The van der Waals surface area contributed by atoms with Crippen molar-refractivity contribution in [3.05, 3.63) is 42.0 Å². The zero-order valence-electron chi connectivity index (χ0n) is 9.08. The second-order valence-electron chi connectivity index (χ2n) is 3.80. The lowest BCUT2D eigenvalue weighted by Crippen LogP contribution is -2.48. The Morgan fingerprint density at radius 1 is 1.39 bits per heavy atom. The summed E-state index contributed by atoms with van der Waals surface area (Å²) in [7, 11) is -3.96. The third-order valence-electron chi connectivity index (χ3n) is 2.81. The molecule has 0 unspecified atom stereocenters. The number of aliphatic carboxylic acids is 1. The molecule has 6 nitrogen and oxygen atoms in total. The van der Waals surface area contributed by atoms with Crippen molar-refractivity contribution in [2.75, 3.05) is 0 Å². The second-order valence-corrected chi connectivity index (χ2v) is 5.45. The molecule has 0 saturated carbocycles. The molecule has 2 rings (SSSR count). The number of aldehydes is 1. The van der Waals surface area contributed by atoms with E-state index < -0.39 is 21.5 Å². The highest BCUT2D eigenvalue weighted by Gasteiger charge is 2.54. The molecule has 1 aromatic rings. The fraction of sp³-hybridized carbons (Fsp3) is 0.0909. The first kappa shape index (κ1) is 12.5. The third-order valence-corrected chi connectivity index (χ3v) is 4.32. The van der Waals surface area contributed by atoms with Gasteiger partial charge < -0.3 is 5.11 Å². The van der Waals surface area contributed by atoms with E-state index in [2.05, 4.69) is 6.58 Å². The van der Waals surface area contributed by atoms with Gasteiger partial charge in [-0.1, -0.05) is 24.8 Å². The highest BCUT2D eigenvalue weighted by molar-refractivity contribution is 7.90. The van der Waals surface area contributed by atoms with Crippen molar-refractivity contribution in [3.63, 3.8) is 0 Å². The number of carbonyl (C=O) groups is 2. The Bertz CT molecular complexity index is 664. The van der Waals surface area contributed by atoms with Gasteiger partial charge in [-0.2, -0.15) is 4.72 Å². The van der Waals surface area contributed by atoms with Crippen LogP contribution in [0.3, 0.4) is 0 Å². The van der Waals surface area contributed by atoms with Crippen molar-refractivity contribution < 1.29 is 23.1 Å². The maximum absolute atomic E-state index is 11.9. The van der Waals surface area contributed by atoms with Gasteiger partial charge in [-0.25, -0.2) is 13.2 Å². The molecule has 0 amide bonds. The summed E-state index contributed by atoms with van der Waals surface area (Å²) in [5.41, 5.74) is -2.49. The minimum Gasteiger partial charge on any atom is -0.479 e. The van der Waals surface area contributed by atoms with Crippen LogP contribution >= 0.6 is 0 Å². The first-order valence-corrected chi connectivity index (χ1v) is 6.36. The van der Waals surface area contributed by atoms with E-state index in [-0.39, 0.29) is 22.3 Å². The molecule has 0 saturated heterocycles. The van der Waals surface area contributed by atoms with Crippen LogP contribution in [0.4, 0.5) is 0 Å². The summed E-state index contributed by atoms with van der Waals surface area (Å²) in [6.45, 7) is 3.34. The molecule has 0 fully saturated rings. The van der Waals surface area contributed by atoms with E-state index >= 15 is 0 Å². The second kappa shape index (κ2) is 3.76. The Balaban J connectivity index is 2.86. The van der Waals surface area contributed by atoms with Crippen molar-refractivity contribution >= 4 is 22.3 Å². The van der Waals surface area contributed by atoms with Gasteiger partial charge in [0.2, 0.25) is 10.0 Å². The maximum atomic E-state index is 11.9. The number of carboxylic acids is 1. The number of sulfonamides is 1. The number of fused-ring (bicyclic) bond motifs is 1. The molecule has 1 aromatic carbocycles. The van der Waals surface area contributed by atoms with Crippen molar-refractivity contribution in [2.24, 2.45) is 0 Å². The van der Waals surface area contributed by atoms with E-state index in [9.17, 15) is 23.1 Å². The van der Waals surface area contributed by atoms with Gasteiger partial charge in [-0.3, -0.25) is 4.79 Å². The first-order chi connectivity index (χ1) is 8.36. The average molecular weight is 267 g/mol. The standard InChI is InChI=1S/C11H9NO5S/c1-7(6-13)11(10(14)15)8-4-2-3-5-9(8)18(16,17)12-11/h2-6,12H,1H2,(H,14,15)/t11-/m0/s1. The number of benzene rings is 1. The lowest BCUT2D eigenvalue weighted by Gasteiger charge is -2.23. The van der Waals surface area contributed by atoms with Crippen LogP contribution in [0.2, 0.25) is 0 Å². The molecular formula is C11H9NO5S. The average Bonchev–Trinajstić information content (AvgIpc) is 2.59. The first-order valence-electron chi connectivity index (χ1n) is 4.87. The fourth-order valence-corrected chi connectivity index (χ4v) is 3.56. The normalized spacial score (nSPS) is 24.2. The van der Waals surface area contributed by atoms with Crippen LogP contribution in [-0.4, -0.2) is 25.8 Å². The number of hydrogen-bond donors (Lipinski definition) is 2. The number of carbonyl (C=O) groups excluding carboxylic acids is 1. The minimum absolute atomic E-state index is 0.00500. The van der Waals surface area contributed by atoms with E-state index in [4.69, 9.17) is 0 Å². The molecule has 7 heteroatoms. The van der Waals surface area contributed by atoms with Crippen molar-refractivity contribution in [2.45, 2.75) is 10.4 Å². The Labute approximate surface area is 103 Å². The summed E-state index contributed by atoms with van der Waals surface area (Å²) in [6.07, 6.45) is 0.235. The quantitative estimate of drug-likeness (QED) is 0.593. The molecule has 0 spiro atoms. The zero-order chi connectivity index (χ0) is 13.6. The molecule has 0 radical (unpaired) electrons. The fourth-order valence-electron chi connectivity index (χ4n) is 1.95. The molecule has 1 atom stereocenters. The summed E-state index contributed by atoms with van der Waals surface area (Å²) in [4.78, 5) is 22.1. The largest absolute Gasteiger partial charge is 0.479 e. The molecule has 0 aliphatic carbocycles. The summed E-state index contributed by atoms with van der Waals surface area (Å²) >= 11 is 0. The molecule has 94 valence electrons. The monoisotopic (exact) mass is 267 g/mol. The summed E-state index contributed by atoms with van der Waals surface area (Å²) in [6, 6.07) is 5.59. The predicted octanol–water partition coefficient (Wildman–Crippen LogP) is 0.0135. The molecule has 0 bridgehead atoms. The van der Waals surface area contributed by atoms with Crippen LogP contribution in [0.1, 0.15) is 5.56 Å². The lowest BCUT2D eigenvalue weighted by atomic mass is 9.85. The number of hydrogen-bond acceptors (Lipinski definition) is 4. The SMILES string of the molecule is C=C(C=O)[C@]1(C(=O)O)NS(=O)(=O)c2ccccc21. The minimum atomic E-state index is -3.96. The van der Waals surface area contributed by atoms with Crippen LogP contribution in [-0.2, 0) is 25.2 Å². The Morgan fingerprint density at radius 2 is 2.00 bits per heavy atom. The Morgan fingerprint density at radius 3 is 2.56 bits per heavy atom. The van der Waals surface area contributed by atoms with Crippen molar-refractivity contribution in [1.29, 1.82) is 0 Å². The van der Waals surface area contributed by atoms with Crippen LogP contribution in [0, 0.1) is 0 Å². The molecular weight excluding hydrogens is 258 g/mol. The van der Waals surface area contributed by atoms with Gasteiger partial charge in [0.15, 0.2) is 5.54 Å². The zero-order valence-corrected chi connectivity index (χ0v) is 9.90. The van der Waals surface area contributed by atoms with Crippen molar-refractivity contribution in [3.8, 4) is 0 Å². The van der Waals surface area contributed by atoms with E-state index in [1.54, 1.807) is 0 Å². The van der Waals surface area contributed by atoms with Gasteiger partial charge in [-0.05, 0) is 6.07 Å². The molecule has 0 aromatic heterocycles. The highest BCUT2D eigenvalue weighted by Crippen LogP contribution is 2.39. The third kappa shape index (κ3) is 1.41. The van der Waals surface area contributed by atoms with Crippen LogP contribution < -0.4 is 4.72 Å². The Hall–Kier alpha value is -1.99. The van der Waals surface area contributed by atoms with E-state index in [0.29, 0.717) is 0 Å². The molecule has 1 aliphatic rings. The molecule has 1 heterocycles. The molecule has 1 aliphatic heterocycles. The van der Waals surface area contributed by atoms with Gasteiger partial charge in [0.25, 0.3) is 0 Å².